The van der Waals surface area contributed by atoms with Crippen LogP contribution in [0.25, 0.3) is 0 Å². The Balaban J connectivity index is 1.83. The molecule has 0 aliphatic carbocycles. The molecule has 1 heterocycles. The van der Waals surface area contributed by atoms with E-state index in [0.29, 0.717) is 11.4 Å². The standard InChI is InChI=1S/C17H16N2O4/c1-10-2-7-15(21)13(8-10)18-14-9-16(22)19(17(14)23)11-3-5-12(20)6-4-11/h2-8,14,18,20-21H,9H2,1H3. The first-order chi connectivity index (χ1) is 11.0. The van der Waals surface area contributed by atoms with E-state index in [-0.39, 0.29) is 29.7 Å². The van der Waals surface area contributed by atoms with E-state index in [4.69, 9.17) is 0 Å². The molecule has 0 radical (unpaired) electrons. The average molecular weight is 312 g/mol. The maximum absolute atomic E-state index is 12.5. The Kier molecular flexibility index (Phi) is 3.65. The van der Waals surface area contributed by atoms with Crippen LogP contribution in [0.2, 0.25) is 0 Å². The van der Waals surface area contributed by atoms with Crippen molar-refractivity contribution in [2.75, 3.05) is 10.2 Å². The SMILES string of the molecule is Cc1ccc(O)c(NC2CC(=O)N(c3ccc(O)cc3)C2=O)c1. The maximum Gasteiger partial charge on any atom is 0.256 e. The van der Waals surface area contributed by atoms with Gasteiger partial charge in [-0.1, -0.05) is 6.07 Å². The zero-order chi connectivity index (χ0) is 16.6. The summed E-state index contributed by atoms with van der Waals surface area (Å²) in [6, 6.07) is 10.1. The Labute approximate surface area is 133 Å². The molecule has 2 amide bonds. The topological polar surface area (TPSA) is 89.9 Å². The summed E-state index contributed by atoms with van der Waals surface area (Å²) in [6.07, 6.45) is 0.00704. The fraction of sp³-hybridized carbons (Fsp3) is 0.176. The summed E-state index contributed by atoms with van der Waals surface area (Å²) in [6.45, 7) is 1.87. The van der Waals surface area contributed by atoms with Crippen LogP contribution in [0, 0.1) is 6.92 Å². The highest BCUT2D eigenvalue weighted by Crippen LogP contribution is 2.29. The highest BCUT2D eigenvalue weighted by molar-refractivity contribution is 6.23. The molecule has 1 aliphatic heterocycles. The Morgan fingerprint density at radius 2 is 1.78 bits per heavy atom. The Morgan fingerprint density at radius 3 is 2.48 bits per heavy atom. The van der Waals surface area contributed by atoms with Crippen LogP contribution >= 0.6 is 0 Å². The van der Waals surface area contributed by atoms with Crippen LogP contribution < -0.4 is 10.2 Å². The minimum Gasteiger partial charge on any atom is -0.508 e. The number of rotatable bonds is 3. The summed E-state index contributed by atoms with van der Waals surface area (Å²) in [4.78, 5) is 25.8. The first-order valence-corrected chi connectivity index (χ1v) is 7.17. The Morgan fingerprint density at radius 1 is 1.09 bits per heavy atom. The van der Waals surface area contributed by atoms with Gasteiger partial charge in [0.25, 0.3) is 5.91 Å². The van der Waals surface area contributed by atoms with Crippen molar-refractivity contribution in [1.82, 2.24) is 0 Å². The van der Waals surface area contributed by atoms with E-state index >= 15 is 0 Å². The molecule has 6 nitrogen and oxygen atoms in total. The van der Waals surface area contributed by atoms with Gasteiger partial charge in [-0.2, -0.15) is 0 Å². The summed E-state index contributed by atoms with van der Waals surface area (Å²) >= 11 is 0. The molecule has 1 aliphatic rings. The molecule has 23 heavy (non-hydrogen) atoms. The number of aryl methyl sites for hydroxylation is 1. The number of carbonyl (C=O) groups excluding carboxylic acids is 2. The molecular weight excluding hydrogens is 296 g/mol. The van der Waals surface area contributed by atoms with Crippen LogP contribution in [0.15, 0.2) is 42.5 Å². The molecule has 3 rings (SSSR count). The van der Waals surface area contributed by atoms with Gasteiger partial charge in [0.15, 0.2) is 0 Å². The lowest BCUT2D eigenvalue weighted by Crippen LogP contribution is -2.34. The van der Waals surface area contributed by atoms with E-state index in [0.717, 1.165) is 10.5 Å². The van der Waals surface area contributed by atoms with Gasteiger partial charge in [-0.05, 0) is 48.9 Å². The van der Waals surface area contributed by atoms with E-state index in [1.165, 1.54) is 30.3 Å². The molecule has 0 bridgehead atoms. The van der Waals surface area contributed by atoms with Gasteiger partial charge in [-0.3, -0.25) is 9.59 Å². The third kappa shape index (κ3) is 2.83. The number of hydrogen-bond donors (Lipinski definition) is 3. The number of imide groups is 1. The van der Waals surface area contributed by atoms with Crippen LogP contribution in [-0.2, 0) is 9.59 Å². The van der Waals surface area contributed by atoms with E-state index in [2.05, 4.69) is 5.32 Å². The van der Waals surface area contributed by atoms with Crippen LogP contribution in [0.5, 0.6) is 11.5 Å². The largest absolute Gasteiger partial charge is 0.508 e. The van der Waals surface area contributed by atoms with Gasteiger partial charge in [-0.15, -0.1) is 0 Å². The van der Waals surface area contributed by atoms with E-state index in [1.807, 2.05) is 6.92 Å². The molecule has 0 saturated carbocycles. The van der Waals surface area contributed by atoms with Crippen LogP contribution in [0.4, 0.5) is 11.4 Å². The third-order valence-electron chi connectivity index (χ3n) is 3.74. The molecule has 2 aromatic carbocycles. The summed E-state index contributed by atoms with van der Waals surface area (Å²) < 4.78 is 0. The van der Waals surface area contributed by atoms with Crippen molar-refractivity contribution < 1.29 is 19.8 Å². The predicted octanol–water partition coefficient (Wildman–Crippen LogP) is 2.15. The second kappa shape index (κ2) is 5.64. The highest BCUT2D eigenvalue weighted by atomic mass is 16.3. The van der Waals surface area contributed by atoms with Gasteiger partial charge in [0.2, 0.25) is 5.91 Å². The van der Waals surface area contributed by atoms with Crippen molar-refractivity contribution >= 4 is 23.2 Å². The monoisotopic (exact) mass is 312 g/mol. The zero-order valence-electron chi connectivity index (χ0n) is 12.5. The number of amides is 2. The lowest BCUT2D eigenvalue weighted by atomic mass is 10.1. The molecule has 1 unspecified atom stereocenters. The number of phenols is 2. The smallest absolute Gasteiger partial charge is 0.256 e. The molecule has 0 spiro atoms. The average Bonchev–Trinajstić information content (AvgIpc) is 2.79. The fourth-order valence-electron chi connectivity index (χ4n) is 2.57. The van der Waals surface area contributed by atoms with Gasteiger partial charge in [0.05, 0.1) is 17.8 Å². The predicted molar refractivity (Wildman–Crippen MR) is 85.5 cm³/mol. The number of anilines is 2. The van der Waals surface area contributed by atoms with Gasteiger partial charge >= 0.3 is 0 Å². The minimum atomic E-state index is -0.732. The van der Waals surface area contributed by atoms with E-state index < -0.39 is 6.04 Å². The molecule has 118 valence electrons. The molecule has 3 N–H and O–H groups in total. The highest BCUT2D eigenvalue weighted by Gasteiger charge is 2.39. The Hall–Kier alpha value is -3.02. The first kappa shape index (κ1) is 14.9. The molecule has 1 atom stereocenters. The van der Waals surface area contributed by atoms with Gasteiger partial charge < -0.3 is 15.5 Å². The van der Waals surface area contributed by atoms with Crippen molar-refractivity contribution in [1.29, 1.82) is 0 Å². The lowest BCUT2D eigenvalue weighted by Gasteiger charge is -2.17. The molecule has 0 aromatic heterocycles. The van der Waals surface area contributed by atoms with Gasteiger partial charge in [0.1, 0.15) is 17.5 Å². The number of carbonyl (C=O) groups is 2. The van der Waals surface area contributed by atoms with Gasteiger partial charge in [-0.25, -0.2) is 4.90 Å². The second-order valence-corrected chi connectivity index (χ2v) is 5.51. The number of hydrogen-bond acceptors (Lipinski definition) is 5. The number of nitrogens with one attached hydrogen (secondary N) is 1. The minimum absolute atomic E-state index is 0.00704. The number of aromatic hydroxyl groups is 2. The number of benzene rings is 2. The Bertz CT molecular complexity index is 771. The molecular formula is C17H16N2O4. The summed E-state index contributed by atoms with van der Waals surface area (Å²) in [7, 11) is 0. The van der Waals surface area contributed by atoms with Crippen LogP contribution in [0.3, 0.4) is 0 Å². The van der Waals surface area contributed by atoms with Crippen LogP contribution in [-0.4, -0.2) is 28.1 Å². The third-order valence-corrected chi connectivity index (χ3v) is 3.74. The second-order valence-electron chi connectivity index (χ2n) is 5.51. The fourth-order valence-corrected chi connectivity index (χ4v) is 2.57. The van der Waals surface area contributed by atoms with E-state index in [1.54, 1.807) is 12.1 Å². The van der Waals surface area contributed by atoms with Crippen molar-refractivity contribution in [3.05, 3.63) is 48.0 Å². The normalized spacial score (nSPS) is 17.6. The van der Waals surface area contributed by atoms with Crippen molar-refractivity contribution in [3.63, 3.8) is 0 Å². The van der Waals surface area contributed by atoms with E-state index in [9.17, 15) is 19.8 Å². The maximum atomic E-state index is 12.5. The summed E-state index contributed by atoms with van der Waals surface area (Å²) in [5, 5.41) is 22.1. The van der Waals surface area contributed by atoms with Crippen molar-refractivity contribution in [3.8, 4) is 11.5 Å². The quantitative estimate of drug-likeness (QED) is 0.597. The number of nitrogens with zero attached hydrogens (tertiary/aromatic N) is 1. The summed E-state index contributed by atoms with van der Waals surface area (Å²) in [5.74, 6) is -0.627. The molecule has 1 saturated heterocycles. The van der Waals surface area contributed by atoms with Crippen molar-refractivity contribution in [2.24, 2.45) is 0 Å². The molecule has 2 aromatic rings. The van der Waals surface area contributed by atoms with Crippen LogP contribution in [0.1, 0.15) is 12.0 Å². The molecule has 1 fully saturated rings. The lowest BCUT2D eigenvalue weighted by molar-refractivity contribution is -0.121. The van der Waals surface area contributed by atoms with Gasteiger partial charge in [0, 0.05) is 0 Å². The van der Waals surface area contributed by atoms with Crippen molar-refractivity contribution in [2.45, 2.75) is 19.4 Å². The first-order valence-electron chi connectivity index (χ1n) is 7.17. The zero-order valence-corrected chi connectivity index (χ0v) is 12.5. The number of phenolic OH excluding ortho intramolecular Hbond substituents is 2. The molecule has 6 heteroatoms. The summed E-state index contributed by atoms with van der Waals surface area (Å²) in [5.41, 5.74) is 1.76.